The van der Waals surface area contributed by atoms with Gasteiger partial charge < -0.3 is 4.74 Å². The summed E-state index contributed by atoms with van der Waals surface area (Å²) in [6.07, 6.45) is 0. The molecule has 0 radical (unpaired) electrons. The van der Waals surface area contributed by atoms with Crippen LogP contribution in [0.3, 0.4) is 0 Å². The SMILES string of the molecule is COc1ccc(C(=O)c2ccc(F)cc2Cl)c(C)c1. The molecular formula is C15H12ClFO2. The van der Waals surface area contributed by atoms with Gasteiger partial charge in [-0.1, -0.05) is 11.6 Å². The summed E-state index contributed by atoms with van der Waals surface area (Å²) in [5.74, 6) is -0.0163. The molecular weight excluding hydrogens is 267 g/mol. The number of rotatable bonds is 3. The Bertz CT molecular complexity index is 638. The van der Waals surface area contributed by atoms with Gasteiger partial charge in [0, 0.05) is 11.1 Å². The minimum Gasteiger partial charge on any atom is -0.497 e. The Labute approximate surface area is 115 Å². The third kappa shape index (κ3) is 2.76. The van der Waals surface area contributed by atoms with Gasteiger partial charge in [-0.25, -0.2) is 4.39 Å². The first kappa shape index (κ1) is 13.6. The average Bonchev–Trinajstić information content (AvgIpc) is 2.37. The Morgan fingerprint density at radius 3 is 2.42 bits per heavy atom. The molecule has 0 heterocycles. The van der Waals surface area contributed by atoms with Gasteiger partial charge in [0.2, 0.25) is 0 Å². The van der Waals surface area contributed by atoms with Crippen LogP contribution in [0.15, 0.2) is 36.4 Å². The van der Waals surface area contributed by atoms with Crippen molar-refractivity contribution in [1.82, 2.24) is 0 Å². The number of methoxy groups -OCH3 is 1. The summed E-state index contributed by atoms with van der Waals surface area (Å²) >= 11 is 5.90. The first-order valence-electron chi connectivity index (χ1n) is 5.67. The molecule has 19 heavy (non-hydrogen) atoms. The number of hydrogen-bond donors (Lipinski definition) is 0. The Balaban J connectivity index is 2.44. The zero-order chi connectivity index (χ0) is 14.0. The quantitative estimate of drug-likeness (QED) is 0.793. The normalized spacial score (nSPS) is 10.3. The van der Waals surface area contributed by atoms with E-state index < -0.39 is 5.82 Å². The van der Waals surface area contributed by atoms with Gasteiger partial charge in [0.05, 0.1) is 12.1 Å². The second-order valence-electron chi connectivity index (χ2n) is 4.13. The molecule has 0 atom stereocenters. The Morgan fingerprint density at radius 1 is 1.16 bits per heavy atom. The Hall–Kier alpha value is -1.87. The lowest BCUT2D eigenvalue weighted by Crippen LogP contribution is -2.05. The molecule has 0 aromatic heterocycles. The van der Waals surface area contributed by atoms with Crippen LogP contribution in [0.25, 0.3) is 0 Å². The molecule has 0 aliphatic rings. The van der Waals surface area contributed by atoms with Crippen LogP contribution in [0, 0.1) is 12.7 Å². The highest BCUT2D eigenvalue weighted by Crippen LogP contribution is 2.24. The molecule has 0 aliphatic heterocycles. The highest BCUT2D eigenvalue weighted by Gasteiger charge is 2.15. The molecule has 0 saturated heterocycles. The summed E-state index contributed by atoms with van der Waals surface area (Å²) < 4.78 is 18.1. The molecule has 0 spiro atoms. The molecule has 0 unspecified atom stereocenters. The fraction of sp³-hybridized carbons (Fsp3) is 0.133. The summed E-state index contributed by atoms with van der Waals surface area (Å²) in [7, 11) is 1.56. The van der Waals surface area contributed by atoms with Crippen molar-refractivity contribution in [2.75, 3.05) is 7.11 Å². The molecule has 0 amide bonds. The lowest BCUT2D eigenvalue weighted by atomic mass is 9.99. The summed E-state index contributed by atoms with van der Waals surface area (Å²) in [4.78, 5) is 12.4. The number of aryl methyl sites for hydroxylation is 1. The van der Waals surface area contributed by atoms with E-state index in [9.17, 15) is 9.18 Å². The average molecular weight is 279 g/mol. The number of ketones is 1. The van der Waals surface area contributed by atoms with Crippen molar-refractivity contribution < 1.29 is 13.9 Å². The zero-order valence-electron chi connectivity index (χ0n) is 10.5. The van der Waals surface area contributed by atoms with Crippen LogP contribution in [-0.2, 0) is 0 Å². The number of carbonyl (C=O) groups is 1. The van der Waals surface area contributed by atoms with E-state index in [2.05, 4.69) is 0 Å². The number of halogens is 2. The fourth-order valence-corrected chi connectivity index (χ4v) is 2.09. The summed E-state index contributed by atoms with van der Waals surface area (Å²) in [5.41, 5.74) is 1.59. The minimum absolute atomic E-state index is 0.111. The van der Waals surface area contributed by atoms with E-state index in [1.165, 1.54) is 12.1 Å². The van der Waals surface area contributed by atoms with E-state index in [4.69, 9.17) is 16.3 Å². The highest BCUT2D eigenvalue weighted by molar-refractivity contribution is 6.35. The van der Waals surface area contributed by atoms with Crippen molar-refractivity contribution >= 4 is 17.4 Å². The van der Waals surface area contributed by atoms with Crippen molar-refractivity contribution in [3.05, 3.63) is 63.9 Å². The second-order valence-corrected chi connectivity index (χ2v) is 4.54. The summed E-state index contributed by atoms with van der Waals surface area (Å²) in [6.45, 7) is 1.81. The van der Waals surface area contributed by atoms with Gasteiger partial charge in [-0.15, -0.1) is 0 Å². The molecule has 0 fully saturated rings. The predicted octanol–water partition coefficient (Wildman–Crippen LogP) is 4.03. The maximum absolute atomic E-state index is 13.0. The molecule has 2 aromatic carbocycles. The largest absolute Gasteiger partial charge is 0.497 e. The topological polar surface area (TPSA) is 26.3 Å². The van der Waals surface area contributed by atoms with E-state index in [1.54, 1.807) is 25.3 Å². The Morgan fingerprint density at radius 2 is 1.84 bits per heavy atom. The maximum atomic E-state index is 13.0. The highest BCUT2D eigenvalue weighted by atomic mass is 35.5. The van der Waals surface area contributed by atoms with E-state index in [0.29, 0.717) is 11.3 Å². The third-order valence-corrected chi connectivity index (χ3v) is 3.17. The number of ether oxygens (including phenoxy) is 1. The fourth-order valence-electron chi connectivity index (χ4n) is 1.84. The van der Waals surface area contributed by atoms with Crippen molar-refractivity contribution in [3.8, 4) is 5.75 Å². The van der Waals surface area contributed by atoms with Crippen LogP contribution < -0.4 is 4.74 Å². The molecule has 2 aromatic rings. The molecule has 2 rings (SSSR count). The van der Waals surface area contributed by atoms with Crippen LogP contribution in [0.2, 0.25) is 5.02 Å². The monoisotopic (exact) mass is 278 g/mol. The lowest BCUT2D eigenvalue weighted by Gasteiger charge is -2.08. The van der Waals surface area contributed by atoms with Crippen LogP contribution >= 0.6 is 11.6 Å². The van der Waals surface area contributed by atoms with Crippen molar-refractivity contribution in [2.45, 2.75) is 6.92 Å². The molecule has 0 saturated carbocycles. The standard InChI is InChI=1S/C15H12ClFO2/c1-9-7-11(19-2)4-6-12(9)15(18)13-5-3-10(17)8-14(13)16/h3-8H,1-2H3. The molecule has 4 heteroatoms. The molecule has 2 nitrogen and oxygen atoms in total. The van der Waals surface area contributed by atoms with Gasteiger partial charge in [0.25, 0.3) is 0 Å². The van der Waals surface area contributed by atoms with Gasteiger partial charge in [-0.05, 0) is 48.9 Å². The number of carbonyl (C=O) groups excluding carboxylic acids is 1. The first-order valence-corrected chi connectivity index (χ1v) is 6.05. The molecule has 0 N–H and O–H groups in total. The van der Waals surface area contributed by atoms with E-state index >= 15 is 0 Å². The van der Waals surface area contributed by atoms with Crippen LogP contribution in [0.5, 0.6) is 5.75 Å². The summed E-state index contributed by atoms with van der Waals surface area (Å²) in [6, 6.07) is 8.90. The van der Waals surface area contributed by atoms with E-state index in [-0.39, 0.29) is 16.4 Å². The van der Waals surface area contributed by atoms with Crippen LogP contribution in [0.4, 0.5) is 4.39 Å². The molecule has 0 bridgehead atoms. The van der Waals surface area contributed by atoms with Gasteiger partial charge in [0.15, 0.2) is 5.78 Å². The van der Waals surface area contributed by atoms with Crippen molar-refractivity contribution in [2.24, 2.45) is 0 Å². The molecule has 98 valence electrons. The van der Waals surface area contributed by atoms with Gasteiger partial charge >= 0.3 is 0 Å². The van der Waals surface area contributed by atoms with Gasteiger partial charge in [-0.2, -0.15) is 0 Å². The van der Waals surface area contributed by atoms with Gasteiger partial charge in [-0.3, -0.25) is 4.79 Å². The minimum atomic E-state index is -0.465. The van der Waals surface area contributed by atoms with Gasteiger partial charge in [0.1, 0.15) is 11.6 Å². The Kier molecular flexibility index (Phi) is 3.86. The lowest BCUT2D eigenvalue weighted by molar-refractivity contribution is 0.103. The van der Waals surface area contributed by atoms with Crippen molar-refractivity contribution in [1.29, 1.82) is 0 Å². The number of benzene rings is 2. The second kappa shape index (κ2) is 5.41. The van der Waals surface area contributed by atoms with E-state index in [0.717, 1.165) is 11.6 Å². The van der Waals surface area contributed by atoms with Crippen LogP contribution in [-0.4, -0.2) is 12.9 Å². The summed E-state index contributed by atoms with van der Waals surface area (Å²) in [5, 5.41) is 0.111. The van der Waals surface area contributed by atoms with Crippen LogP contribution in [0.1, 0.15) is 21.5 Å². The first-order chi connectivity index (χ1) is 9.02. The third-order valence-electron chi connectivity index (χ3n) is 2.85. The molecule has 0 aliphatic carbocycles. The zero-order valence-corrected chi connectivity index (χ0v) is 11.3. The smallest absolute Gasteiger partial charge is 0.194 e. The van der Waals surface area contributed by atoms with E-state index in [1.807, 2.05) is 6.92 Å². The van der Waals surface area contributed by atoms with Crippen molar-refractivity contribution in [3.63, 3.8) is 0 Å². The number of hydrogen-bond acceptors (Lipinski definition) is 2. The maximum Gasteiger partial charge on any atom is 0.194 e. The predicted molar refractivity (Wildman–Crippen MR) is 72.6 cm³/mol.